The zero-order valence-corrected chi connectivity index (χ0v) is 7.69. The summed E-state index contributed by atoms with van der Waals surface area (Å²) in [5.74, 6) is 0. The molecule has 0 aromatic heterocycles. The molecule has 0 heterocycles. The van der Waals surface area contributed by atoms with Gasteiger partial charge in [-0.3, -0.25) is 0 Å². The maximum Gasteiger partial charge on any atom is 0.0856 e. The van der Waals surface area contributed by atoms with Gasteiger partial charge in [-0.1, -0.05) is 0 Å². The highest BCUT2D eigenvalue weighted by Crippen LogP contribution is 2.20. The molecule has 4 heteroatoms. The molecule has 0 aliphatic rings. The van der Waals surface area contributed by atoms with Crippen molar-refractivity contribution in [1.82, 2.24) is 0 Å². The minimum absolute atomic E-state index is 0.160. The number of aliphatic hydroxyl groups excluding tert-OH is 1. The van der Waals surface area contributed by atoms with Crippen LogP contribution in [0, 0.1) is 0 Å². The van der Waals surface area contributed by atoms with Crippen LogP contribution in [0.1, 0.15) is 13.3 Å². The van der Waals surface area contributed by atoms with E-state index in [9.17, 15) is 0 Å². The lowest BCUT2D eigenvalue weighted by Gasteiger charge is -2.02. The molecule has 0 atom stereocenters. The van der Waals surface area contributed by atoms with Gasteiger partial charge in [-0.05, 0) is 13.2 Å². The fraction of sp³-hybridized carbons (Fsp3) is 0.571. The van der Waals surface area contributed by atoms with Crippen molar-refractivity contribution in [3.63, 3.8) is 0 Å². The van der Waals surface area contributed by atoms with E-state index in [1.54, 1.807) is 11.8 Å². The molecular formula is C7H14N2OS. The molecule has 64 valence electrons. The number of aliphatic hydroxyl groups is 1. The van der Waals surface area contributed by atoms with E-state index >= 15 is 0 Å². The molecule has 0 aromatic rings. The maximum atomic E-state index is 8.65. The number of thioether (sulfide) groups is 1. The SMILES string of the molecule is CS/C(CCO)=C(/C)N=CN. The van der Waals surface area contributed by atoms with Gasteiger partial charge in [0.25, 0.3) is 0 Å². The first-order valence-electron chi connectivity index (χ1n) is 3.35. The quantitative estimate of drug-likeness (QED) is 0.493. The van der Waals surface area contributed by atoms with Crippen LogP contribution in [-0.2, 0) is 0 Å². The molecule has 0 aliphatic carbocycles. The monoisotopic (exact) mass is 174 g/mol. The Morgan fingerprint density at radius 2 is 2.36 bits per heavy atom. The van der Waals surface area contributed by atoms with Crippen molar-refractivity contribution in [2.75, 3.05) is 12.9 Å². The Balaban J connectivity index is 4.26. The Hall–Kier alpha value is -0.480. The van der Waals surface area contributed by atoms with Crippen molar-refractivity contribution >= 4 is 18.1 Å². The second-order valence-corrected chi connectivity index (χ2v) is 2.87. The van der Waals surface area contributed by atoms with Crippen LogP contribution in [0.4, 0.5) is 0 Å². The second-order valence-electron chi connectivity index (χ2n) is 1.96. The fourth-order valence-electron chi connectivity index (χ4n) is 0.716. The maximum absolute atomic E-state index is 8.65. The molecule has 0 saturated carbocycles. The van der Waals surface area contributed by atoms with E-state index in [-0.39, 0.29) is 6.61 Å². The average Bonchev–Trinajstić information content (AvgIpc) is 2.00. The van der Waals surface area contributed by atoms with Crippen LogP contribution in [0.25, 0.3) is 0 Å². The Bertz CT molecular complexity index is 166. The van der Waals surface area contributed by atoms with Crippen molar-refractivity contribution in [1.29, 1.82) is 0 Å². The van der Waals surface area contributed by atoms with Gasteiger partial charge in [0.1, 0.15) is 0 Å². The summed E-state index contributed by atoms with van der Waals surface area (Å²) in [6.45, 7) is 2.04. The number of nitrogens with two attached hydrogens (primary N) is 1. The fourth-order valence-corrected chi connectivity index (χ4v) is 1.36. The van der Waals surface area contributed by atoms with Crippen molar-refractivity contribution < 1.29 is 5.11 Å². The number of aliphatic imine (C=N–C) groups is 1. The van der Waals surface area contributed by atoms with Gasteiger partial charge in [-0.2, -0.15) is 0 Å². The number of hydrogen-bond donors (Lipinski definition) is 2. The van der Waals surface area contributed by atoms with Gasteiger partial charge in [0.2, 0.25) is 0 Å². The van der Waals surface area contributed by atoms with Crippen molar-refractivity contribution in [2.24, 2.45) is 10.7 Å². The zero-order valence-electron chi connectivity index (χ0n) is 6.87. The lowest BCUT2D eigenvalue weighted by atomic mass is 10.3. The van der Waals surface area contributed by atoms with Gasteiger partial charge in [-0.25, -0.2) is 4.99 Å². The number of allylic oxidation sites excluding steroid dienone is 1. The molecule has 3 nitrogen and oxygen atoms in total. The van der Waals surface area contributed by atoms with Gasteiger partial charge < -0.3 is 10.8 Å². The van der Waals surface area contributed by atoms with Crippen molar-refractivity contribution in [2.45, 2.75) is 13.3 Å². The third kappa shape index (κ3) is 4.06. The van der Waals surface area contributed by atoms with Crippen LogP contribution < -0.4 is 5.73 Å². The Morgan fingerprint density at radius 3 is 2.73 bits per heavy atom. The predicted octanol–water partition coefficient (Wildman–Crippen LogP) is 0.950. The smallest absolute Gasteiger partial charge is 0.0856 e. The van der Waals surface area contributed by atoms with Gasteiger partial charge >= 0.3 is 0 Å². The molecule has 0 saturated heterocycles. The summed E-state index contributed by atoms with van der Waals surface area (Å²) in [4.78, 5) is 4.99. The molecule has 0 unspecified atom stereocenters. The van der Waals surface area contributed by atoms with E-state index in [2.05, 4.69) is 4.99 Å². The Labute approximate surface area is 71.4 Å². The third-order valence-electron chi connectivity index (χ3n) is 1.26. The second kappa shape index (κ2) is 6.24. The molecule has 0 bridgehead atoms. The standard InChI is InChI=1S/C7H14N2OS/c1-6(9-5-8)7(11-2)3-4-10/h5,10H,3-4H2,1-2H3,(H2,8,9)/b7-6-. The van der Waals surface area contributed by atoms with Gasteiger partial charge in [0, 0.05) is 23.6 Å². The van der Waals surface area contributed by atoms with E-state index in [4.69, 9.17) is 10.8 Å². The largest absolute Gasteiger partial charge is 0.396 e. The van der Waals surface area contributed by atoms with E-state index in [1.165, 1.54) is 6.34 Å². The van der Waals surface area contributed by atoms with E-state index in [0.29, 0.717) is 6.42 Å². The Morgan fingerprint density at radius 1 is 1.73 bits per heavy atom. The topological polar surface area (TPSA) is 58.6 Å². The van der Waals surface area contributed by atoms with E-state index in [1.807, 2.05) is 13.2 Å². The average molecular weight is 174 g/mol. The molecule has 0 amide bonds. The van der Waals surface area contributed by atoms with E-state index < -0.39 is 0 Å². The van der Waals surface area contributed by atoms with Crippen LogP contribution in [-0.4, -0.2) is 24.3 Å². The number of hydrogen-bond acceptors (Lipinski definition) is 3. The first-order chi connectivity index (χ1) is 5.26. The highest BCUT2D eigenvalue weighted by Gasteiger charge is 1.97. The minimum atomic E-state index is 0.160. The van der Waals surface area contributed by atoms with Crippen LogP contribution in [0.2, 0.25) is 0 Å². The summed E-state index contributed by atoms with van der Waals surface area (Å²) < 4.78 is 0. The van der Waals surface area contributed by atoms with Crippen molar-refractivity contribution in [3.8, 4) is 0 Å². The molecule has 0 rings (SSSR count). The lowest BCUT2D eigenvalue weighted by Crippen LogP contribution is -1.92. The zero-order chi connectivity index (χ0) is 8.69. The molecule has 0 radical (unpaired) electrons. The number of nitrogens with zero attached hydrogens (tertiary/aromatic N) is 1. The molecule has 0 aliphatic heterocycles. The molecular weight excluding hydrogens is 160 g/mol. The summed E-state index contributed by atoms with van der Waals surface area (Å²) in [6, 6.07) is 0. The van der Waals surface area contributed by atoms with Crippen LogP contribution in [0.15, 0.2) is 15.6 Å². The molecule has 0 aromatic carbocycles. The summed E-state index contributed by atoms with van der Waals surface area (Å²) in [5, 5.41) is 8.65. The highest BCUT2D eigenvalue weighted by molar-refractivity contribution is 8.02. The summed E-state index contributed by atoms with van der Waals surface area (Å²) in [5.41, 5.74) is 6.00. The summed E-state index contributed by atoms with van der Waals surface area (Å²) in [6.07, 6.45) is 3.88. The number of rotatable bonds is 4. The lowest BCUT2D eigenvalue weighted by molar-refractivity contribution is 0.301. The first-order valence-corrected chi connectivity index (χ1v) is 4.57. The van der Waals surface area contributed by atoms with Gasteiger partial charge in [0.15, 0.2) is 0 Å². The third-order valence-corrected chi connectivity index (χ3v) is 2.25. The molecule has 3 N–H and O–H groups in total. The van der Waals surface area contributed by atoms with Crippen LogP contribution in [0.3, 0.4) is 0 Å². The molecule has 11 heavy (non-hydrogen) atoms. The highest BCUT2D eigenvalue weighted by atomic mass is 32.2. The van der Waals surface area contributed by atoms with Gasteiger partial charge in [0.05, 0.1) is 6.34 Å². The Kier molecular flexibility index (Phi) is 5.97. The normalized spacial score (nSPS) is 13.7. The molecule has 0 fully saturated rings. The van der Waals surface area contributed by atoms with Crippen LogP contribution >= 0.6 is 11.8 Å². The predicted molar refractivity (Wildman–Crippen MR) is 50.6 cm³/mol. The van der Waals surface area contributed by atoms with Gasteiger partial charge in [-0.15, -0.1) is 11.8 Å². The minimum Gasteiger partial charge on any atom is -0.396 e. The summed E-state index contributed by atoms with van der Waals surface area (Å²) in [7, 11) is 0. The van der Waals surface area contributed by atoms with Crippen LogP contribution in [0.5, 0.6) is 0 Å². The summed E-state index contributed by atoms with van der Waals surface area (Å²) >= 11 is 1.59. The van der Waals surface area contributed by atoms with E-state index in [0.717, 1.165) is 10.6 Å². The molecule has 0 spiro atoms. The first kappa shape index (κ1) is 10.5. The van der Waals surface area contributed by atoms with Crippen molar-refractivity contribution in [3.05, 3.63) is 10.6 Å².